The zero-order valence-corrected chi connectivity index (χ0v) is 16.0. The normalized spacial score (nSPS) is 10.9. The zero-order valence-electron chi connectivity index (χ0n) is 15.2. The predicted molar refractivity (Wildman–Crippen MR) is 109 cm³/mol. The number of rotatable bonds is 7. The number of benzene rings is 2. The molecule has 0 amide bonds. The van der Waals surface area contributed by atoms with Gasteiger partial charge in [-0.3, -0.25) is 4.79 Å². The quantitative estimate of drug-likeness (QED) is 0.382. The number of thiophene rings is 1. The molecule has 140 valence electrons. The molecule has 4 aromatic rings. The van der Waals surface area contributed by atoms with Crippen LogP contribution in [0.5, 0.6) is 0 Å². The van der Waals surface area contributed by atoms with Crippen molar-refractivity contribution in [3.8, 4) is 10.6 Å². The highest BCUT2D eigenvalue weighted by molar-refractivity contribution is 7.13. The fourth-order valence-electron chi connectivity index (χ4n) is 3.09. The van der Waals surface area contributed by atoms with E-state index in [2.05, 4.69) is 5.16 Å². The molecular formula is C23H19NO3S. The van der Waals surface area contributed by atoms with E-state index in [9.17, 15) is 4.79 Å². The number of carbonyl (C=O) groups excluding carboxylic acids is 1. The van der Waals surface area contributed by atoms with Crippen molar-refractivity contribution in [2.75, 3.05) is 0 Å². The number of hydrogen-bond donors (Lipinski definition) is 0. The highest BCUT2D eigenvalue weighted by Gasteiger charge is 2.19. The van der Waals surface area contributed by atoms with Crippen LogP contribution in [0.1, 0.15) is 29.2 Å². The number of esters is 1. The largest absolute Gasteiger partial charge is 0.459 e. The number of nitrogens with zero attached hydrogens (tertiary/aromatic N) is 1. The summed E-state index contributed by atoms with van der Waals surface area (Å²) in [5.74, 6) is 0.375. The Bertz CT molecular complexity index is 971. The van der Waals surface area contributed by atoms with Gasteiger partial charge in [0.25, 0.3) is 0 Å². The lowest BCUT2D eigenvalue weighted by atomic mass is 9.89. The van der Waals surface area contributed by atoms with Crippen LogP contribution in [0, 0.1) is 0 Å². The van der Waals surface area contributed by atoms with E-state index in [1.807, 2.05) is 84.2 Å². The van der Waals surface area contributed by atoms with Gasteiger partial charge in [0, 0.05) is 12.0 Å². The molecule has 0 N–H and O–H groups in total. The second kappa shape index (κ2) is 8.67. The lowest BCUT2D eigenvalue weighted by Crippen LogP contribution is -2.12. The van der Waals surface area contributed by atoms with E-state index < -0.39 is 0 Å². The molecule has 0 spiro atoms. The molecule has 5 heteroatoms. The van der Waals surface area contributed by atoms with Gasteiger partial charge in [-0.2, -0.15) is 0 Å². The van der Waals surface area contributed by atoms with Crippen molar-refractivity contribution in [2.45, 2.75) is 18.9 Å². The maximum Gasteiger partial charge on any atom is 0.307 e. The Labute approximate surface area is 167 Å². The number of aromatic nitrogens is 1. The highest BCUT2D eigenvalue weighted by Crippen LogP contribution is 2.29. The molecule has 0 bridgehead atoms. The second-order valence-corrected chi connectivity index (χ2v) is 7.35. The topological polar surface area (TPSA) is 52.3 Å². The van der Waals surface area contributed by atoms with Crippen molar-refractivity contribution in [1.82, 2.24) is 5.16 Å². The average molecular weight is 389 g/mol. The third kappa shape index (κ3) is 4.38. The third-order valence-electron chi connectivity index (χ3n) is 4.48. The van der Waals surface area contributed by atoms with Crippen LogP contribution in [0.3, 0.4) is 0 Å². The van der Waals surface area contributed by atoms with Crippen molar-refractivity contribution < 1.29 is 14.1 Å². The first kappa shape index (κ1) is 18.2. The van der Waals surface area contributed by atoms with Gasteiger partial charge in [0.15, 0.2) is 5.76 Å². The summed E-state index contributed by atoms with van der Waals surface area (Å²) in [4.78, 5) is 13.5. The van der Waals surface area contributed by atoms with Gasteiger partial charge in [0.2, 0.25) is 0 Å². The van der Waals surface area contributed by atoms with Crippen molar-refractivity contribution in [1.29, 1.82) is 0 Å². The van der Waals surface area contributed by atoms with Crippen LogP contribution in [-0.2, 0) is 16.1 Å². The lowest BCUT2D eigenvalue weighted by Gasteiger charge is -2.17. The first-order valence-corrected chi connectivity index (χ1v) is 9.92. The van der Waals surface area contributed by atoms with Gasteiger partial charge in [0.1, 0.15) is 12.3 Å². The fraction of sp³-hybridized carbons (Fsp3) is 0.130. The van der Waals surface area contributed by atoms with Crippen molar-refractivity contribution in [2.24, 2.45) is 0 Å². The van der Waals surface area contributed by atoms with Gasteiger partial charge in [0.05, 0.1) is 11.3 Å². The number of ether oxygens (including phenoxy) is 1. The maximum atomic E-state index is 12.5. The molecule has 4 rings (SSSR count). The molecule has 2 aromatic carbocycles. The monoisotopic (exact) mass is 389 g/mol. The molecule has 0 aliphatic carbocycles. The summed E-state index contributed by atoms with van der Waals surface area (Å²) in [5, 5.41) is 5.97. The highest BCUT2D eigenvalue weighted by atomic mass is 32.1. The molecule has 0 aliphatic rings. The molecule has 2 heterocycles. The average Bonchev–Trinajstić information content (AvgIpc) is 3.43. The summed E-state index contributed by atoms with van der Waals surface area (Å²) in [6, 6.07) is 25.8. The molecule has 2 aromatic heterocycles. The molecule has 0 atom stereocenters. The van der Waals surface area contributed by atoms with Crippen LogP contribution in [0.25, 0.3) is 10.6 Å². The molecule has 0 fully saturated rings. The first-order chi connectivity index (χ1) is 13.8. The van der Waals surface area contributed by atoms with E-state index in [0.717, 1.165) is 16.0 Å². The van der Waals surface area contributed by atoms with E-state index in [-0.39, 0.29) is 24.9 Å². The Kier molecular flexibility index (Phi) is 5.64. The molecule has 0 saturated carbocycles. The Hall–Kier alpha value is -3.18. The fourth-order valence-corrected chi connectivity index (χ4v) is 3.77. The molecule has 0 unspecified atom stereocenters. The Morgan fingerprint density at radius 1 is 0.964 bits per heavy atom. The van der Waals surface area contributed by atoms with E-state index in [1.54, 1.807) is 11.3 Å². The van der Waals surface area contributed by atoms with Gasteiger partial charge in [-0.15, -0.1) is 11.3 Å². The van der Waals surface area contributed by atoms with Crippen LogP contribution in [0.4, 0.5) is 0 Å². The minimum atomic E-state index is -0.265. The molecule has 0 saturated heterocycles. The summed E-state index contributed by atoms with van der Waals surface area (Å²) in [6.07, 6.45) is 0.268. The summed E-state index contributed by atoms with van der Waals surface area (Å²) in [7, 11) is 0. The minimum Gasteiger partial charge on any atom is -0.459 e. The van der Waals surface area contributed by atoms with Gasteiger partial charge in [-0.05, 0) is 22.6 Å². The third-order valence-corrected chi connectivity index (χ3v) is 5.36. The van der Waals surface area contributed by atoms with Crippen LogP contribution in [-0.4, -0.2) is 11.1 Å². The number of hydrogen-bond acceptors (Lipinski definition) is 5. The van der Waals surface area contributed by atoms with Crippen LogP contribution >= 0.6 is 11.3 Å². The van der Waals surface area contributed by atoms with Crippen molar-refractivity contribution in [3.05, 3.63) is 101 Å². The van der Waals surface area contributed by atoms with Crippen LogP contribution in [0.15, 0.2) is 88.8 Å². The van der Waals surface area contributed by atoms with E-state index in [4.69, 9.17) is 9.26 Å². The standard InChI is InChI=1S/C23H19NO3S/c25-23(26-16-19-14-21(27-24-19)22-12-7-13-28-22)15-20(17-8-3-1-4-9-17)18-10-5-2-6-11-18/h1-14,20H,15-16H2. The predicted octanol–water partition coefficient (Wildman–Crippen LogP) is 5.67. The first-order valence-electron chi connectivity index (χ1n) is 9.04. The van der Waals surface area contributed by atoms with Crippen LogP contribution in [0.2, 0.25) is 0 Å². The van der Waals surface area contributed by atoms with Crippen molar-refractivity contribution >= 4 is 17.3 Å². The second-order valence-electron chi connectivity index (χ2n) is 6.40. The zero-order chi connectivity index (χ0) is 19.2. The van der Waals surface area contributed by atoms with Gasteiger partial charge in [-0.1, -0.05) is 71.9 Å². The maximum absolute atomic E-state index is 12.5. The van der Waals surface area contributed by atoms with Crippen molar-refractivity contribution in [3.63, 3.8) is 0 Å². The van der Waals surface area contributed by atoms with E-state index in [0.29, 0.717) is 11.5 Å². The Morgan fingerprint density at radius 3 is 2.25 bits per heavy atom. The lowest BCUT2D eigenvalue weighted by molar-refractivity contribution is -0.145. The molecular weight excluding hydrogens is 370 g/mol. The summed E-state index contributed by atoms with van der Waals surface area (Å²) in [5.41, 5.74) is 2.78. The summed E-state index contributed by atoms with van der Waals surface area (Å²) < 4.78 is 10.8. The van der Waals surface area contributed by atoms with Gasteiger partial charge >= 0.3 is 5.97 Å². The summed E-state index contributed by atoms with van der Waals surface area (Å²) in [6.45, 7) is 0.101. The van der Waals surface area contributed by atoms with E-state index >= 15 is 0 Å². The Balaban J connectivity index is 1.42. The number of carbonyl (C=O) groups is 1. The smallest absolute Gasteiger partial charge is 0.307 e. The van der Waals surface area contributed by atoms with Gasteiger partial charge in [-0.25, -0.2) is 0 Å². The summed E-state index contributed by atoms with van der Waals surface area (Å²) >= 11 is 1.58. The molecule has 28 heavy (non-hydrogen) atoms. The molecule has 4 nitrogen and oxygen atoms in total. The molecule has 0 aliphatic heterocycles. The Morgan fingerprint density at radius 2 is 1.64 bits per heavy atom. The van der Waals surface area contributed by atoms with E-state index in [1.165, 1.54) is 0 Å². The molecule has 0 radical (unpaired) electrons. The SMILES string of the molecule is O=C(CC(c1ccccc1)c1ccccc1)OCc1cc(-c2cccs2)on1. The minimum absolute atomic E-state index is 0.0473. The van der Waals surface area contributed by atoms with Gasteiger partial charge < -0.3 is 9.26 Å². The van der Waals surface area contributed by atoms with Crippen LogP contribution < -0.4 is 0 Å².